The summed E-state index contributed by atoms with van der Waals surface area (Å²) in [7, 11) is 1.59. The van der Waals surface area contributed by atoms with Gasteiger partial charge in [0.1, 0.15) is 0 Å². The van der Waals surface area contributed by atoms with Crippen molar-refractivity contribution in [2.24, 2.45) is 0 Å². The van der Waals surface area contributed by atoms with Gasteiger partial charge >= 0.3 is 12.0 Å². The average molecular weight is 352 g/mol. The number of amides is 2. The summed E-state index contributed by atoms with van der Waals surface area (Å²) in [6.45, 7) is 1.87. The van der Waals surface area contributed by atoms with E-state index in [2.05, 4.69) is 11.4 Å². The smallest absolute Gasteiger partial charge is 0.321 e. The van der Waals surface area contributed by atoms with Crippen molar-refractivity contribution in [3.05, 3.63) is 29.8 Å². The number of ether oxygens (including phenoxy) is 1. The fourth-order valence-corrected chi connectivity index (χ4v) is 3.51. The molecule has 0 saturated carbocycles. The summed E-state index contributed by atoms with van der Waals surface area (Å²) in [4.78, 5) is 24.0. The van der Waals surface area contributed by atoms with Crippen LogP contribution in [-0.4, -0.2) is 54.1 Å². The molecule has 0 atom stereocenters. The lowest BCUT2D eigenvalue weighted by molar-refractivity contribution is -0.137. The van der Waals surface area contributed by atoms with Gasteiger partial charge in [0, 0.05) is 43.5 Å². The number of hydrogen-bond donors (Lipinski definition) is 2. The van der Waals surface area contributed by atoms with Gasteiger partial charge in [-0.1, -0.05) is 12.1 Å². The summed E-state index contributed by atoms with van der Waals surface area (Å²) in [5, 5.41) is 12.1. The third kappa shape index (κ3) is 6.41. The van der Waals surface area contributed by atoms with Crippen LogP contribution < -0.4 is 5.32 Å². The Morgan fingerprint density at radius 2 is 2.12 bits per heavy atom. The van der Waals surface area contributed by atoms with Gasteiger partial charge in [-0.15, -0.1) is 0 Å². The second-order valence-corrected chi connectivity index (χ2v) is 7.11. The predicted molar refractivity (Wildman–Crippen MR) is 95.5 cm³/mol. The van der Waals surface area contributed by atoms with E-state index in [1.165, 1.54) is 4.90 Å². The molecule has 0 radical (unpaired) electrons. The summed E-state index contributed by atoms with van der Waals surface area (Å²) in [6.07, 6.45) is 2.12. The summed E-state index contributed by atoms with van der Waals surface area (Å²) in [5.41, 5.74) is 1.89. The fourth-order valence-electron chi connectivity index (χ4n) is 2.38. The maximum absolute atomic E-state index is 12.0. The van der Waals surface area contributed by atoms with Gasteiger partial charge in [0.2, 0.25) is 0 Å². The second-order valence-electron chi connectivity index (χ2n) is 5.82. The number of carbonyl (C=O) groups is 2. The molecule has 1 fully saturated rings. The Morgan fingerprint density at radius 1 is 1.38 bits per heavy atom. The fraction of sp³-hybridized carbons (Fsp3) is 0.529. The first-order valence-corrected chi connectivity index (χ1v) is 9.11. The molecule has 0 aliphatic carbocycles. The molecule has 1 heterocycles. The number of urea groups is 1. The number of carbonyl (C=O) groups excluding carboxylic acids is 1. The lowest BCUT2D eigenvalue weighted by Crippen LogP contribution is -2.33. The van der Waals surface area contributed by atoms with Crippen molar-refractivity contribution in [2.45, 2.75) is 30.3 Å². The predicted octanol–water partition coefficient (Wildman–Crippen LogP) is 3.04. The zero-order valence-electron chi connectivity index (χ0n) is 13.9. The van der Waals surface area contributed by atoms with Crippen molar-refractivity contribution >= 4 is 29.4 Å². The molecule has 0 unspecified atom stereocenters. The molecule has 1 aliphatic heterocycles. The largest absolute Gasteiger partial charge is 0.481 e. The highest BCUT2D eigenvalue weighted by atomic mass is 32.2. The highest BCUT2D eigenvalue weighted by Gasteiger charge is 2.14. The molecule has 2 amide bonds. The number of nitrogens with one attached hydrogen (secondary N) is 1. The molecule has 7 heteroatoms. The molecule has 1 saturated heterocycles. The van der Waals surface area contributed by atoms with Gasteiger partial charge in [-0.05, 0) is 30.5 Å². The minimum Gasteiger partial charge on any atom is -0.481 e. The number of benzene rings is 1. The van der Waals surface area contributed by atoms with Crippen LogP contribution in [0.2, 0.25) is 0 Å². The molecular weight excluding hydrogens is 328 g/mol. The minimum atomic E-state index is -0.915. The Morgan fingerprint density at radius 3 is 2.83 bits per heavy atom. The lowest BCUT2D eigenvalue weighted by Gasteiger charge is -2.21. The number of anilines is 1. The SMILES string of the molecule is CN(CCC(=O)O)C(=O)Nc1cccc(CSC2CCOCC2)c1. The van der Waals surface area contributed by atoms with E-state index in [0.717, 1.165) is 43.1 Å². The number of rotatable bonds is 7. The number of hydrogen-bond acceptors (Lipinski definition) is 4. The Bertz CT molecular complexity index is 561. The van der Waals surface area contributed by atoms with Crippen LogP contribution >= 0.6 is 11.8 Å². The van der Waals surface area contributed by atoms with Crippen LogP contribution in [0.15, 0.2) is 24.3 Å². The van der Waals surface area contributed by atoms with Crippen LogP contribution in [0.3, 0.4) is 0 Å². The molecule has 0 bridgehead atoms. The number of aliphatic carboxylic acids is 1. The Kier molecular flexibility index (Phi) is 7.39. The quantitative estimate of drug-likeness (QED) is 0.788. The second kappa shape index (κ2) is 9.54. The van der Waals surface area contributed by atoms with E-state index in [9.17, 15) is 9.59 Å². The summed E-state index contributed by atoms with van der Waals surface area (Å²) in [6, 6.07) is 7.48. The first-order chi connectivity index (χ1) is 11.5. The molecule has 1 aromatic rings. The molecule has 0 spiro atoms. The van der Waals surface area contributed by atoms with Gasteiger partial charge in [0.15, 0.2) is 0 Å². The Labute approximate surface area is 146 Å². The van der Waals surface area contributed by atoms with E-state index in [1.807, 2.05) is 30.0 Å². The molecule has 132 valence electrons. The van der Waals surface area contributed by atoms with Gasteiger partial charge in [-0.25, -0.2) is 4.79 Å². The first kappa shape index (κ1) is 18.6. The van der Waals surface area contributed by atoms with E-state index in [1.54, 1.807) is 7.05 Å². The maximum Gasteiger partial charge on any atom is 0.321 e. The van der Waals surface area contributed by atoms with E-state index >= 15 is 0 Å². The van der Waals surface area contributed by atoms with Crippen LogP contribution in [0.1, 0.15) is 24.8 Å². The Balaban J connectivity index is 1.82. The number of nitrogens with zero attached hydrogens (tertiary/aromatic N) is 1. The molecule has 0 aromatic heterocycles. The van der Waals surface area contributed by atoms with Gasteiger partial charge < -0.3 is 20.1 Å². The number of carboxylic acid groups (broad SMARTS) is 1. The van der Waals surface area contributed by atoms with Crippen LogP contribution in [0.5, 0.6) is 0 Å². The highest BCUT2D eigenvalue weighted by Crippen LogP contribution is 2.26. The van der Waals surface area contributed by atoms with Crippen LogP contribution in [-0.2, 0) is 15.3 Å². The topological polar surface area (TPSA) is 78.9 Å². The van der Waals surface area contributed by atoms with Crippen LogP contribution in [0.25, 0.3) is 0 Å². The first-order valence-electron chi connectivity index (χ1n) is 8.07. The molecule has 2 N–H and O–H groups in total. The van der Waals surface area contributed by atoms with E-state index in [0.29, 0.717) is 5.25 Å². The summed E-state index contributed by atoms with van der Waals surface area (Å²) in [5.74, 6) is -0.00903. The summed E-state index contributed by atoms with van der Waals surface area (Å²) < 4.78 is 5.37. The maximum atomic E-state index is 12.0. The van der Waals surface area contributed by atoms with Gasteiger partial charge in [0.25, 0.3) is 0 Å². The van der Waals surface area contributed by atoms with Gasteiger partial charge in [-0.3, -0.25) is 4.79 Å². The Hall–Kier alpha value is -1.73. The average Bonchev–Trinajstić information content (AvgIpc) is 2.59. The normalized spacial score (nSPS) is 15.0. The molecule has 1 aliphatic rings. The third-order valence-electron chi connectivity index (χ3n) is 3.84. The van der Waals surface area contributed by atoms with Gasteiger partial charge in [-0.2, -0.15) is 11.8 Å². The monoisotopic (exact) mass is 352 g/mol. The lowest BCUT2D eigenvalue weighted by atomic mass is 10.2. The van der Waals surface area contributed by atoms with Gasteiger partial charge in [0.05, 0.1) is 6.42 Å². The van der Waals surface area contributed by atoms with Crippen molar-refractivity contribution < 1.29 is 19.4 Å². The van der Waals surface area contributed by atoms with E-state index in [-0.39, 0.29) is 19.0 Å². The molecule has 24 heavy (non-hydrogen) atoms. The van der Waals surface area contributed by atoms with Crippen molar-refractivity contribution in [3.8, 4) is 0 Å². The number of thioether (sulfide) groups is 1. The van der Waals surface area contributed by atoms with E-state index in [4.69, 9.17) is 9.84 Å². The van der Waals surface area contributed by atoms with Crippen molar-refractivity contribution in [3.63, 3.8) is 0 Å². The van der Waals surface area contributed by atoms with Crippen LogP contribution in [0, 0.1) is 0 Å². The van der Waals surface area contributed by atoms with Crippen molar-refractivity contribution in [1.82, 2.24) is 4.90 Å². The molecule has 6 nitrogen and oxygen atoms in total. The highest BCUT2D eigenvalue weighted by molar-refractivity contribution is 7.99. The van der Waals surface area contributed by atoms with Crippen LogP contribution in [0.4, 0.5) is 10.5 Å². The van der Waals surface area contributed by atoms with Crippen molar-refractivity contribution in [1.29, 1.82) is 0 Å². The third-order valence-corrected chi connectivity index (χ3v) is 5.28. The zero-order chi connectivity index (χ0) is 17.4. The number of carboxylic acids is 1. The molecule has 1 aromatic carbocycles. The minimum absolute atomic E-state index is 0.0638. The van der Waals surface area contributed by atoms with Crippen molar-refractivity contribution in [2.75, 3.05) is 32.1 Å². The zero-order valence-corrected chi connectivity index (χ0v) is 14.7. The summed E-state index contributed by atoms with van der Waals surface area (Å²) >= 11 is 1.93. The standard InChI is InChI=1S/C17H24N2O4S/c1-19(8-5-16(20)21)17(22)18-14-4-2-3-13(11-14)12-24-15-6-9-23-10-7-15/h2-4,11,15H,5-10,12H2,1H3,(H,18,22)(H,20,21). The molecular formula is C17H24N2O4S. The van der Waals surface area contributed by atoms with E-state index < -0.39 is 5.97 Å². The molecule has 2 rings (SSSR count).